The zero-order valence-electron chi connectivity index (χ0n) is 26.0. The minimum absolute atomic E-state index is 0.203. The highest BCUT2D eigenvalue weighted by Gasteiger charge is 2.38. The second-order valence-electron chi connectivity index (χ2n) is 12.7. The lowest BCUT2D eigenvalue weighted by atomic mass is 9.86. The third-order valence-electron chi connectivity index (χ3n) is 8.63. The van der Waals surface area contributed by atoms with E-state index in [1.54, 1.807) is 6.07 Å². The van der Waals surface area contributed by atoms with Gasteiger partial charge < -0.3 is 25.6 Å². The van der Waals surface area contributed by atoms with Crippen LogP contribution in [0.1, 0.15) is 67.9 Å². The van der Waals surface area contributed by atoms with E-state index in [1.807, 2.05) is 49.9 Å². The summed E-state index contributed by atoms with van der Waals surface area (Å²) >= 11 is 0. The summed E-state index contributed by atoms with van der Waals surface area (Å²) in [5, 5.41) is 18.7. The van der Waals surface area contributed by atoms with Gasteiger partial charge in [0.2, 0.25) is 0 Å². The van der Waals surface area contributed by atoms with Gasteiger partial charge in [-0.3, -0.25) is 10.2 Å². The Hall–Kier alpha value is -4.74. The van der Waals surface area contributed by atoms with Gasteiger partial charge in [-0.1, -0.05) is 56.8 Å². The van der Waals surface area contributed by atoms with Gasteiger partial charge in [-0.25, -0.2) is 14.8 Å². The number of fused-ring (bicyclic) bond motifs is 1. The molecule has 2 aromatic carbocycles. The van der Waals surface area contributed by atoms with Crippen LogP contribution in [0.5, 0.6) is 0 Å². The van der Waals surface area contributed by atoms with Crippen LogP contribution in [0.2, 0.25) is 0 Å². The van der Waals surface area contributed by atoms with Crippen LogP contribution in [0.25, 0.3) is 0 Å². The first-order chi connectivity index (χ1) is 21.6. The molecule has 234 valence electrons. The summed E-state index contributed by atoms with van der Waals surface area (Å²) in [7, 11) is 0. The molecule has 1 atom stereocenters. The predicted octanol–water partition coefficient (Wildman–Crippen LogP) is 5.96. The van der Waals surface area contributed by atoms with Gasteiger partial charge in [0.1, 0.15) is 23.7 Å². The summed E-state index contributed by atoms with van der Waals surface area (Å²) in [6.07, 6.45) is 3.63. The zero-order valence-corrected chi connectivity index (χ0v) is 26.0. The highest BCUT2D eigenvalue weighted by Crippen LogP contribution is 2.50. The Bertz CT molecular complexity index is 1670. The molecule has 4 aromatic rings. The third-order valence-corrected chi connectivity index (χ3v) is 8.63. The first-order valence-corrected chi connectivity index (χ1v) is 15.3. The number of likely N-dealkylation sites (tertiary alicyclic amines) is 1. The summed E-state index contributed by atoms with van der Waals surface area (Å²) in [6.45, 7) is 13.5. The van der Waals surface area contributed by atoms with E-state index < -0.39 is 6.03 Å². The van der Waals surface area contributed by atoms with E-state index in [-0.39, 0.29) is 17.9 Å². The van der Waals surface area contributed by atoms with Crippen molar-refractivity contribution in [3.8, 4) is 0 Å². The Morgan fingerprint density at radius 2 is 1.73 bits per heavy atom. The molecule has 5 N–H and O–H groups in total. The molecule has 2 aliphatic heterocycles. The lowest BCUT2D eigenvalue weighted by Crippen LogP contribution is -2.34. The van der Waals surface area contributed by atoms with Crippen molar-refractivity contribution in [2.45, 2.75) is 50.9 Å². The van der Waals surface area contributed by atoms with Gasteiger partial charge in [-0.2, -0.15) is 0 Å². The van der Waals surface area contributed by atoms with Crippen molar-refractivity contribution in [3.63, 3.8) is 0 Å². The Morgan fingerprint density at radius 3 is 2.38 bits per heavy atom. The maximum Gasteiger partial charge on any atom is 0.324 e. The normalized spacial score (nSPS) is 17.4. The lowest BCUT2D eigenvalue weighted by Gasteiger charge is -2.31. The van der Waals surface area contributed by atoms with E-state index in [0.717, 1.165) is 55.0 Å². The standard InChI is InChI=1S/C34H40N8O3/c1-21-29(24-7-5-22(6-8-24)23-13-15-41(16-14-23)17-18-43)30-31(35)36-20-37-32(30)42(21)26-11-9-25(10-12-26)38-33(44)39-28-19-27(45-40-28)34(2,3)4/h5-12,19-20,23,29,43H,1,13-18H2,2-4H3,(H2,35,36,37)(H2,38,39,40,44). The number of aliphatic hydroxyl groups is 1. The van der Waals surface area contributed by atoms with Crippen LogP contribution in [0.4, 0.5) is 33.6 Å². The van der Waals surface area contributed by atoms with Crippen LogP contribution in [-0.2, 0) is 5.41 Å². The van der Waals surface area contributed by atoms with E-state index in [2.05, 4.69) is 61.5 Å². The molecule has 2 aromatic heterocycles. The van der Waals surface area contributed by atoms with Gasteiger partial charge in [-0.05, 0) is 67.2 Å². The summed E-state index contributed by atoms with van der Waals surface area (Å²) < 4.78 is 5.35. The maximum absolute atomic E-state index is 12.6. The number of allylic oxidation sites excluding steroid dienone is 1. The number of nitrogens with one attached hydrogen (secondary N) is 2. The number of nitrogens with zero attached hydrogens (tertiary/aromatic N) is 5. The van der Waals surface area contributed by atoms with E-state index in [9.17, 15) is 9.90 Å². The zero-order chi connectivity index (χ0) is 31.7. The van der Waals surface area contributed by atoms with E-state index >= 15 is 0 Å². The van der Waals surface area contributed by atoms with Crippen LogP contribution in [0.15, 0.2) is 77.7 Å². The van der Waals surface area contributed by atoms with Crippen molar-refractivity contribution in [1.82, 2.24) is 20.0 Å². The van der Waals surface area contributed by atoms with Crippen LogP contribution in [0, 0.1) is 0 Å². The number of β-amino-alcohol motifs (C(OH)–C–C–N with tert-alkyl or cyclic N) is 1. The third kappa shape index (κ3) is 6.27. The van der Waals surface area contributed by atoms with Gasteiger partial charge in [0.05, 0.1) is 18.1 Å². The van der Waals surface area contributed by atoms with Crippen molar-refractivity contribution in [2.24, 2.45) is 0 Å². The largest absolute Gasteiger partial charge is 0.395 e. The highest BCUT2D eigenvalue weighted by molar-refractivity contribution is 5.99. The molecule has 0 aliphatic carbocycles. The topological polar surface area (TPSA) is 146 Å². The monoisotopic (exact) mass is 608 g/mol. The number of urea groups is 1. The minimum Gasteiger partial charge on any atom is -0.395 e. The SMILES string of the molecule is C=C1C(c2ccc(C3CCN(CCO)CC3)cc2)c2c(N)ncnc2N1c1ccc(NC(=O)Nc2cc(C(C)(C)C)on2)cc1. The Kier molecular flexibility index (Phi) is 8.30. The van der Waals surface area contributed by atoms with Crippen LogP contribution in [0.3, 0.4) is 0 Å². The molecule has 0 radical (unpaired) electrons. The number of carbonyl (C=O) groups is 1. The predicted molar refractivity (Wildman–Crippen MR) is 176 cm³/mol. The number of amides is 2. The fraction of sp³-hybridized carbons (Fsp3) is 0.353. The Labute approximate surface area is 263 Å². The summed E-state index contributed by atoms with van der Waals surface area (Å²) in [6, 6.07) is 17.5. The molecule has 1 saturated heterocycles. The molecule has 11 nitrogen and oxygen atoms in total. The number of nitrogens with two attached hydrogens (primary N) is 1. The smallest absolute Gasteiger partial charge is 0.324 e. The van der Waals surface area contributed by atoms with Gasteiger partial charge >= 0.3 is 6.03 Å². The molecule has 1 unspecified atom stereocenters. The number of hydrogen-bond acceptors (Lipinski definition) is 9. The number of rotatable bonds is 7. The first-order valence-electron chi connectivity index (χ1n) is 15.3. The number of piperidine rings is 1. The second kappa shape index (κ2) is 12.3. The second-order valence-corrected chi connectivity index (χ2v) is 12.7. The number of aromatic nitrogens is 3. The van der Waals surface area contributed by atoms with Gasteiger partial charge in [0.25, 0.3) is 0 Å². The Morgan fingerprint density at radius 1 is 1.04 bits per heavy atom. The quantitative estimate of drug-likeness (QED) is 0.200. The van der Waals surface area contributed by atoms with Crippen LogP contribution >= 0.6 is 0 Å². The van der Waals surface area contributed by atoms with Crippen molar-refractivity contribution >= 4 is 34.9 Å². The summed E-state index contributed by atoms with van der Waals surface area (Å²) in [4.78, 5) is 25.9. The number of nitrogen functional groups attached to an aromatic ring is 1. The van der Waals surface area contributed by atoms with E-state index in [0.29, 0.717) is 34.8 Å². The minimum atomic E-state index is -0.424. The Balaban J connectivity index is 1.17. The number of hydrogen-bond donors (Lipinski definition) is 4. The molecular weight excluding hydrogens is 568 g/mol. The number of anilines is 5. The van der Waals surface area contributed by atoms with Crippen LogP contribution < -0.4 is 21.3 Å². The van der Waals surface area contributed by atoms with Gasteiger partial charge in [-0.15, -0.1) is 0 Å². The lowest BCUT2D eigenvalue weighted by molar-refractivity contribution is 0.164. The molecule has 11 heteroatoms. The molecular formula is C34H40N8O3. The molecule has 4 heterocycles. The van der Waals surface area contributed by atoms with Gasteiger partial charge in [0.15, 0.2) is 5.82 Å². The van der Waals surface area contributed by atoms with Crippen molar-refractivity contribution in [3.05, 3.63) is 95.7 Å². The number of benzene rings is 2. The molecule has 2 aliphatic rings. The summed E-state index contributed by atoms with van der Waals surface area (Å²) in [5.41, 5.74) is 11.7. The average Bonchev–Trinajstić information content (AvgIpc) is 3.61. The highest BCUT2D eigenvalue weighted by atomic mass is 16.5. The summed E-state index contributed by atoms with van der Waals surface area (Å²) in [5.74, 6) is 2.44. The fourth-order valence-electron chi connectivity index (χ4n) is 6.19. The van der Waals surface area contributed by atoms with E-state index in [4.69, 9.17) is 10.3 Å². The number of aliphatic hydroxyl groups excluding tert-OH is 1. The van der Waals surface area contributed by atoms with Crippen molar-refractivity contribution in [1.29, 1.82) is 0 Å². The number of carbonyl (C=O) groups excluding carboxylic acids is 1. The molecule has 1 fully saturated rings. The van der Waals surface area contributed by atoms with Crippen molar-refractivity contribution < 1.29 is 14.4 Å². The van der Waals surface area contributed by atoms with Gasteiger partial charge in [0, 0.05) is 35.1 Å². The fourth-order valence-corrected chi connectivity index (χ4v) is 6.19. The molecule has 0 saturated carbocycles. The molecule has 45 heavy (non-hydrogen) atoms. The molecule has 0 bridgehead atoms. The molecule has 6 rings (SSSR count). The molecule has 0 spiro atoms. The van der Waals surface area contributed by atoms with Crippen molar-refractivity contribution in [2.75, 3.05) is 47.5 Å². The molecule has 2 amide bonds. The maximum atomic E-state index is 12.6. The van der Waals surface area contributed by atoms with Crippen LogP contribution in [-0.4, -0.2) is 57.4 Å². The van der Waals surface area contributed by atoms with E-state index in [1.165, 1.54) is 11.9 Å². The average molecular weight is 609 g/mol. The first kappa shape index (κ1) is 30.3.